The van der Waals surface area contributed by atoms with Gasteiger partial charge in [-0.15, -0.1) is 5.10 Å². The predicted octanol–water partition coefficient (Wildman–Crippen LogP) is 5.68. The number of aromatic nitrogens is 4. The van der Waals surface area contributed by atoms with Gasteiger partial charge in [0.25, 0.3) is 5.91 Å². The number of tetrazole rings is 1. The van der Waals surface area contributed by atoms with Crippen molar-refractivity contribution in [3.05, 3.63) is 119 Å². The molecular weight excluding hydrogens is 671 g/mol. The highest BCUT2D eigenvalue weighted by Gasteiger charge is 2.38. The lowest BCUT2D eigenvalue weighted by atomic mass is 9.91. The van der Waals surface area contributed by atoms with Gasteiger partial charge in [-0.25, -0.2) is 0 Å². The third kappa shape index (κ3) is 8.81. The Kier molecular flexibility index (Phi) is 11.4. The first-order valence-corrected chi connectivity index (χ1v) is 17.5. The summed E-state index contributed by atoms with van der Waals surface area (Å²) >= 11 is 1.47. The molecule has 13 heteroatoms. The normalized spacial score (nSPS) is 19.3. The van der Waals surface area contributed by atoms with E-state index in [1.54, 1.807) is 28.9 Å². The average molecular weight is 710 g/mol. The average Bonchev–Trinajstić information content (AvgIpc) is 3.62. The number of ether oxygens (including phenoxy) is 3. The summed E-state index contributed by atoms with van der Waals surface area (Å²) in [6.45, 7) is 5.13. The van der Waals surface area contributed by atoms with Crippen molar-refractivity contribution in [1.82, 2.24) is 25.5 Å². The zero-order valence-corrected chi connectivity index (χ0v) is 29.2. The van der Waals surface area contributed by atoms with Gasteiger partial charge in [-0.1, -0.05) is 79.3 Å². The standard InChI is InChI=1S/C38H39N5O7S/c1-23-34(22-51-38-40-41-42-43(38)32-14-16-33(46)17-15-32)49-37(50-35(23)28-12-10-26(21-44)11-13-28)31-9-5-8-30(19-31)29-7-4-6-27(18-29)20-39-36(47)24(2)48-25(3)45/h4-19,23-24,34-35,37,44,46H,20-22H2,1-3H3,(H,39,47)/t23-,24+,34+,35+,37+/m1/s1. The first-order valence-electron chi connectivity index (χ1n) is 16.5. The number of aliphatic hydroxyl groups is 1. The number of carbonyl (C=O) groups is 2. The van der Waals surface area contributed by atoms with Gasteiger partial charge in [0, 0.05) is 30.7 Å². The molecule has 3 N–H and O–H groups in total. The summed E-state index contributed by atoms with van der Waals surface area (Å²) in [6, 6.07) is 30.3. The molecule has 5 atom stereocenters. The Balaban J connectivity index is 1.22. The molecule has 0 bridgehead atoms. The van der Waals surface area contributed by atoms with E-state index < -0.39 is 18.4 Å². The highest BCUT2D eigenvalue weighted by Crippen LogP contribution is 2.43. The van der Waals surface area contributed by atoms with E-state index in [0.717, 1.165) is 39.1 Å². The number of aliphatic hydroxyl groups excluding tert-OH is 1. The van der Waals surface area contributed by atoms with Crippen molar-refractivity contribution in [3.8, 4) is 22.6 Å². The lowest BCUT2D eigenvalue weighted by molar-refractivity contribution is -0.268. The first kappa shape index (κ1) is 35.7. The van der Waals surface area contributed by atoms with E-state index in [1.807, 2.05) is 72.8 Å². The highest BCUT2D eigenvalue weighted by atomic mass is 32.2. The molecule has 4 aromatic carbocycles. The molecule has 0 radical (unpaired) electrons. The molecule has 264 valence electrons. The van der Waals surface area contributed by atoms with Gasteiger partial charge in [-0.2, -0.15) is 4.68 Å². The Bertz CT molecular complexity index is 1950. The van der Waals surface area contributed by atoms with Crippen LogP contribution in [0.2, 0.25) is 0 Å². The Morgan fingerprint density at radius 1 is 0.941 bits per heavy atom. The summed E-state index contributed by atoms with van der Waals surface area (Å²) in [5.41, 5.74) is 6.14. The lowest BCUT2D eigenvalue weighted by Gasteiger charge is -2.41. The van der Waals surface area contributed by atoms with Gasteiger partial charge in [0.15, 0.2) is 12.4 Å². The van der Waals surface area contributed by atoms with Crippen molar-refractivity contribution in [1.29, 1.82) is 0 Å². The quantitative estimate of drug-likeness (QED) is 0.108. The number of nitrogens with zero attached hydrogens (tertiary/aromatic N) is 4. The molecule has 51 heavy (non-hydrogen) atoms. The Labute approximate surface area is 299 Å². The predicted molar refractivity (Wildman–Crippen MR) is 189 cm³/mol. The second kappa shape index (κ2) is 16.3. The highest BCUT2D eigenvalue weighted by molar-refractivity contribution is 7.99. The van der Waals surface area contributed by atoms with E-state index in [9.17, 15) is 19.8 Å². The van der Waals surface area contributed by atoms with Gasteiger partial charge in [-0.3, -0.25) is 9.59 Å². The third-order valence-electron chi connectivity index (χ3n) is 8.63. The fourth-order valence-corrected chi connectivity index (χ4v) is 6.91. The maximum atomic E-state index is 12.4. The summed E-state index contributed by atoms with van der Waals surface area (Å²) in [7, 11) is 0. The molecule has 1 saturated heterocycles. The fraction of sp³-hybridized carbons (Fsp3) is 0.289. The van der Waals surface area contributed by atoms with Crippen LogP contribution in [0.1, 0.15) is 55.4 Å². The SMILES string of the molecule is CC(=O)O[C@@H](C)C(=O)NCc1cccc(-c2cccc([C@H]3O[C@@H](CSc4nnnn4-c4ccc(O)cc4)[C@@H](C)[C@@H](c4ccc(CO)cc4)O3)c2)c1. The minimum Gasteiger partial charge on any atom is -0.508 e. The zero-order valence-electron chi connectivity index (χ0n) is 28.4. The number of aromatic hydroxyl groups is 1. The monoisotopic (exact) mass is 709 g/mol. The minimum atomic E-state index is -0.881. The van der Waals surface area contributed by atoms with Crippen LogP contribution in [0.15, 0.2) is 102 Å². The maximum Gasteiger partial charge on any atom is 0.303 e. The van der Waals surface area contributed by atoms with E-state index in [0.29, 0.717) is 10.9 Å². The summed E-state index contributed by atoms with van der Waals surface area (Å²) < 4.78 is 20.0. The number of rotatable bonds is 12. The van der Waals surface area contributed by atoms with Crippen LogP contribution in [0, 0.1) is 5.92 Å². The molecule has 0 spiro atoms. The van der Waals surface area contributed by atoms with Crippen molar-refractivity contribution < 1.29 is 34.0 Å². The fourth-order valence-electron chi connectivity index (χ4n) is 5.85. The molecule has 1 aliphatic heterocycles. The second-order valence-corrected chi connectivity index (χ2v) is 13.3. The van der Waals surface area contributed by atoms with Crippen molar-refractivity contribution >= 4 is 23.6 Å². The number of esters is 1. The van der Waals surface area contributed by atoms with E-state index >= 15 is 0 Å². The summed E-state index contributed by atoms with van der Waals surface area (Å²) in [5.74, 6) is -0.242. The van der Waals surface area contributed by atoms with Gasteiger partial charge in [0.1, 0.15) is 5.75 Å². The Morgan fingerprint density at radius 3 is 2.39 bits per heavy atom. The number of benzene rings is 4. The number of phenolic OH excluding ortho intramolecular Hbond substituents is 1. The van der Waals surface area contributed by atoms with E-state index in [4.69, 9.17) is 14.2 Å². The minimum absolute atomic E-state index is 0.0458. The number of nitrogens with one attached hydrogen (secondary N) is 1. The first-order chi connectivity index (χ1) is 24.7. The van der Waals surface area contributed by atoms with E-state index in [-0.39, 0.29) is 42.9 Å². The van der Waals surface area contributed by atoms with Crippen LogP contribution in [0.25, 0.3) is 16.8 Å². The number of amides is 1. The third-order valence-corrected chi connectivity index (χ3v) is 9.64. The lowest BCUT2D eigenvalue weighted by Crippen LogP contribution is -2.38. The molecule has 2 heterocycles. The van der Waals surface area contributed by atoms with Crippen LogP contribution in [0.3, 0.4) is 0 Å². The van der Waals surface area contributed by atoms with Crippen LogP contribution < -0.4 is 5.32 Å². The number of carbonyl (C=O) groups excluding carboxylic acids is 2. The number of hydrogen-bond acceptors (Lipinski definition) is 11. The number of hydrogen-bond donors (Lipinski definition) is 3. The molecule has 1 aliphatic rings. The van der Waals surface area contributed by atoms with Crippen molar-refractivity contribution in [2.45, 2.75) is 63.7 Å². The summed E-state index contributed by atoms with van der Waals surface area (Å²) in [4.78, 5) is 23.6. The zero-order chi connectivity index (χ0) is 35.9. The largest absolute Gasteiger partial charge is 0.508 e. The molecule has 5 aromatic rings. The van der Waals surface area contributed by atoms with Gasteiger partial charge >= 0.3 is 5.97 Å². The van der Waals surface area contributed by atoms with Crippen LogP contribution in [0.5, 0.6) is 5.75 Å². The van der Waals surface area contributed by atoms with Crippen LogP contribution in [-0.4, -0.2) is 60.3 Å². The van der Waals surface area contributed by atoms with E-state index in [2.05, 4.69) is 27.8 Å². The second-order valence-electron chi connectivity index (χ2n) is 12.3. The van der Waals surface area contributed by atoms with Gasteiger partial charge in [0.2, 0.25) is 5.16 Å². The summed E-state index contributed by atoms with van der Waals surface area (Å²) in [5, 5.41) is 35.0. The van der Waals surface area contributed by atoms with Crippen molar-refractivity contribution in [2.75, 3.05) is 5.75 Å². The number of phenols is 1. The number of thioether (sulfide) groups is 1. The topological polar surface area (TPSA) is 158 Å². The maximum absolute atomic E-state index is 12.4. The van der Waals surface area contributed by atoms with Crippen LogP contribution in [0.4, 0.5) is 0 Å². The molecule has 1 aromatic heterocycles. The van der Waals surface area contributed by atoms with Crippen LogP contribution >= 0.6 is 11.8 Å². The molecule has 0 saturated carbocycles. The van der Waals surface area contributed by atoms with Crippen molar-refractivity contribution in [2.24, 2.45) is 5.92 Å². The van der Waals surface area contributed by atoms with Crippen LogP contribution in [-0.2, 0) is 37.0 Å². The Hall–Kier alpha value is -5.08. The van der Waals surface area contributed by atoms with Gasteiger partial charge in [0.05, 0.1) is 24.5 Å². The molecule has 1 fully saturated rings. The van der Waals surface area contributed by atoms with E-state index in [1.165, 1.54) is 25.6 Å². The molecule has 12 nitrogen and oxygen atoms in total. The summed E-state index contributed by atoms with van der Waals surface area (Å²) in [6.07, 6.45) is -2.13. The molecule has 0 aliphatic carbocycles. The molecule has 0 unspecified atom stereocenters. The Morgan fingerprint density at radius 2 is 1.67 bits per heavy atom. The van der Waals surface area contributed by atoms with Gasteiger partial charge in [-0.05, 0) is 81.6 Å². The molecule has 6 rings (SSSR count). The molecular formula is C38H39N5O7S. The molecule has 1 amide bonds. The van der Waals surface area contributed by atoms with Crippen molar-refractivity contribution in [3.63, 3.8) is 0 Å². The smallest absolute Gasteiger partial charge is 0.303 e. The van der Waals surface area contributed by atoms with Gasteiger partial charge < -0.3 is 29.7 Å².